The van der Waals surface area contributed by atoms with Crippen molar-refractivity contribution >= 4 is 12.0 Å². The number of ether oxygens (including phenoxy) is 1. The Morgan fingerprint density at radius 2 is 1.75 bits per heavy atom. The lowest BCUT2D eigenvalue weighted by Crippen LogP contribution is -2.43. The molecule has 1 aromatic rings. The number of nitrogens with zero attached hydrogens (tertiary/aromatic N) is 1. The number of carbonyl (C=O) groups excluding carboxylic acids is 2. The number of hydrogen-bond donors (Lipinski definition) is 1. The summed E-state index contributed by atoms with van der Waals surface area (Å²) in [6.45, 7) is 4.82. The molecule has 1 unspecified atom stereocenters. The van der Waals surface area contributed by atoms with Crippen molar-refractivity contribution in [3.8, 4) is 0 Å². The fraction of sp³-hybridized carbons (Fsp3) is 0.500. The highest BCUT2D eigenvalue weighted by Gasteiger charge is 2.50. The summed E-state index contributed by atoms with van der Waals surface area (Å²) in [5.41, 5.74) is -3.73. The van der Waals surface area contributed by atoms with E-state index in [9.17, 15) is 27.9 Å². The molecule has 0 aliphatic carbocycles. The van der Waals surface area contributed by atoms with E-state index in [1.807, 2.05) is 0 Å². The highest BCUT2D eigenvalue weighted by Crippen LogP contribution is 2.36. The van der Waals surface area contributed by atoms with Gasteiger partial charge in [-0.3, -0.25) is 4.79 Å². The second-order valence-electron chi connectivity index (χ2n) is 6.62. The van der Waals surface area contributed by atoms with E-state index < -0.39 is 34.9 Å². The van der Waals surface area contributed by atoms with Gasteiger partial charge in [-0.2, -0.15) is 13.2 Å². The van der Waals surface area contributed by atoms with Crippen molar-refractivity contribution in [1.29, 1.82) is 0 Å². The van der Waals surface area contributed by atoms with Crippen LogP contribution < -0.4 is 0 Å². The summed E-state index contributed by atoms with van der Waals surface area (Å²) in [6.07, 6.45) is -5.52. The lowest BCUT2D eigenvalue weighted by Gasteiger charge is -2.25. The van der Waals surface area contributed by atoms with Crippen LogP contribution in [0.2, 0.25) is 0 Å². The van der Waals surface area contributed by atoms with Crippen LogP contribution in [0.25, 0.3) is 0 Å². The van der Waals surface area contributed by atoms with Gasteiger partial charge >= 0.3 is 12.3 Å². The molecule has 2 rings (SSSR count). The van der Waals surface area contributed by atoms with Crippen LogP contribution in [0.15, 0.2) is 24.3 Å². The fourth-order valence-corrected chi connectivity index (χ4v) is 2.40. The number of imide groups is 1. The third-order valence-electron chi connectivity index (χ3n) is 3.60. The molecule has 0 aromatic heterocycles. The number of alkyl halides is 3. The molecule has 0 radical (unpaired) electrons. The number of carbonyl (C=O) groups is 2. The third-order valence-corrected chi connectivity index (χ3v) is 3.60. The summed E-state index contributed by atoms with van der Waals surface area (Å²) in [5.74, 6) is -0.906. The normalized spacial score (nSPS) is 22.0. The summed E-state index contributed by atoms with van der Waals surface area (Å²) >= 11 is 0. The van der Waals surface area contributed by atoms with Gasteiger partial charge in [0.2, 0.25) is 0 Å². The predicted molar refractivity (Wildman–Crippen MR) is 77.9 cm³/mol. The van der Waals surface area contributed by atoms with Gasteiger partial charge in [-0.05, 0) is 38.5 Å². The highest BCUT2D eigenvalue weighted by molar-refractivity contribution is 5.99. The van der Waals surface area contributed by atoms with E-state index >= 15 is 0 Å². The largest absolute Gasteiger partial charge is 0.443 e. The second-order valence-corrected chi connectivity index (χ2v) is 6.62. The third kappa shape index (κ3) is 3.53. The van der Waals surface area contributed by atoms with Crippen LogP contribution >= 0.6 is 0 Å². The van der Waals surface area contributed by atoms with Gasteiger partial charge < -0.3 is 9.84 Å². The molecule has 1 heterocycles. The Bertz CT molecular complexity index is 649. The van der Waals surface area contributed by atoms with Crippen LogP contribution in [-0.4, -0.2) is 34.2 Å². The smallest absolute Gasteiger partial charge is 0.417 e. The van der Waals surface area contributed by atoms with Gasteiger partial charge in [0, 0.05) is 13.0 Å². The van der Waals surface area contributed by atoms with Gasteiger partial charge in [0.1, 0.15) is 5.60 Å². The van der Waals surface area contributed by atoms with Crippen molar-refractivity contribution in [2.24, 2.45) is 0 Å². The zero-order valence-electron chi connectivity index (χ0n) is 13.5. The first-order valence-corrected chi connectivity index (χ1v) is 7.30. The van der Waals surface area contributed by atoms with Crippen LogP contribution in [0.1, 0.15) is 38.3 Å². The molecule has 0 spiro atoms. The number of aliphatic hydroxyl groups is 1. The quantitative estimate of drug-likeness (QED) is 0.849. The molecule has 24 heavy (non-hydrogen) atoms. The minimum atomic E-state index is -4.51. The fourth-order valence-electron chi connectivity index (χ4n) is 2.40. The van der Waals surface area contributed by atoms with Gasteiger partial charge in [0.25, 0.3) is 5.91 Å². The first-order valence-electron chi connectivity index (χ1n) is 7.30. The maximum atomic E-state index is 12.6. The molecule has 0 saturated carbocycles. The van der Waals surface area contributed by atoms with E-state index in [-0.39, 0.29) is 18.5 Å². The first kappa shape index (κ1) is 18.3. The highest BCUT2D eigenvalue weighted by atomic mass is 19.4. The van der Waals surface area contributed by atoms with Crippen molar-refractivity contribution in [2.75, 3.05) is 6.54 Å². The lowest BCUT2D eigenvalue weighted by atomic mass is 9.91. The Labute approximate surface area is 137 Å². The van der Waals surface area contributed by atoms with Gasteiger partial charge in [-0.15, -0.1) is 0 Å². The van der Waals surface area contributed by atoms with Crippen molar-refractivity contribution < 1.29 is 32.6 Å². The Morgan fingerprint density at radius 3 is 2.21 bits per heavy atom. The van der Waals surface area contributed by atoms with Gasteiger partial charge in [-0.1, -0.05) is 12.1 Å². The number of halogens is 3. The average molecular weight is 345 g/mol. The molecular weight excluding hydrogens is 327 g/mol. The van der Waals surface area contributed by atoms with E-state index in [1.54, 1.807) is 20.8 Å². The lowest BCUT2D eigenvalue weighted by molar-refractivity contribution is -0.143. The molecule has 132 valence electrons. The Hall–Kier alpha value is -2.09. The van der Waals surface area contributed by atoms with Crippen LogP contribution in [0, 0.1) is 0 Å². The standard InChI is InChI=1S/C16H18F3NO4/c1-14(2,3)24-13(22)20-9-8-15(23,12(20)21)10-4-6-11(7-5-10)16(17,18)19/h4-7,23H,8-9H2,1-3H3. The Kier molecular flexibility index (Phi) is 4.39. The molecule has 1 N–H and O–H groups in total. The zero-order valence-corrected chi connectivity index (χ0v) is 13.5. The van der Waals surface area contributed by atoms with E-state index in [2.05, 4.69) is 0 Å². The van der Waals surface area contributed by atoms with E-state index in [4.69, 9.17) is 4.74 Å². The van der Waals surface area contributed by atoms with E-state index in [0.29, 0.717) is 0 Å². The monoisotopic (exact) mass is 345 g/mol. The number of amides is 2. The molecule has 8 heteroatoms. The number of benzene rings is 1. The number of likely N-dealkylation sites (tertiary alicyclic amines) is 1. The number of hydrogen-bond acceptors (Lipinski definition) is 4. The molecule has 2 amide bonds. The van der Waals surface area contributed by atoms with Crippen molar-refractivity contribution in [2.45, 2.75) is 44.6 Å². The molecule has 1 aromatic carbocycles. The minimum Gasteiger partial charge on any atom is -0.443 e. The number of rotatable bonds is 1. The molecule has 1 aliphatic heterocycles. The topological polar surface area (TPSA) is 66.8 Å². The Morgan fingerprint density at radius 1 is 1.21 bits per heavy atom. The van der Waals surface area contributed by atoms with Crippen molar-refractivity contribution in [1.82, 2.24) is 4.90 Å². The zero-order chi connectivity index (χ0) is 18.3. The molecule has 5 nitrogen and oxygen atoms in total. The summed E-state index contributed by atoms with van der Waals surface area (Å²) in [5, 5.41) is 10.6. The van der Waals surface area contributed by atoms with E-state index in [1.165, 1.54) is 0 Å². The summed E-state index contributed by atoms with van der Waals surface area (Å²) in [4.78, 5) is 25.2. The molecular formula is C16H18F3NO4. The van der Waals surface area contributed by atoms with Crippen LogP contribution in [0.3, 0.4) is 0 Å². The maximum Gasteiger partial charge on any atom is 0.417 e. The molecule has 1 fully saturated rings. The Balaban J connectivity index is 2.22. The predicted octanol–water partition coefficient (Wildman–Crippen LogP) is 3.06. The summed E-state index contributed by atoms with van der Waals surface area (Å²) < 4.78 is 42.9. The molecule has 1 atom stereocenters. The van der Waals surface area contributed by atoms with E-state index in [0.717, 1.165) is 29.2 Å². The van der Waals surface area contributed by atoms with Gasteiger partial charge in [0.15, 0.2) is 5.60 Å². The minimum absolute atomic E-state index is 0.00607. The summed E-state index contributed by atoms with van der Waals surface area (Å²) in [6, 6.07) is 3.66. The average Bonchev–Trinajstić information content (AvgIpc) is 2.74. The van der Waals surface area contributed by atoms with Gasteiger partial charge in [-0.25, -0.2) is 9.69 Å². The SMILES string of the molecule is CC(C)(C)OC(=O)N1CCC(O)(c2ccc(C(F)(F)F)cc2)C1=O. The van der Waals surface area contributed by atoms with Crippen LogP contribution in [-0.2, 0) is 21.3 Å². The van der Waals surface area contributed by atoms with Crippen LogP contribution in [0.5, 0.6) is 0 Å². The first-order chi connectivity index (χ1) is 10.8. The second kappa shape index (κ2) is 5.77. The molecule has 1 saturated heterocycles. The maximum absolute atomic E-state index is 12.6. The van der Waals surface area contributed by atoms with Crippen LogP contribution in [0.4, 0.5) is 18.0 Å². The van der Waals surface area contributed by atoms with Crippen molar-refractivity contribution in [3.63, 3.8) is 0 Å². The molecule has 0 bridgehead atoms. The summed E-state index contributed by atoms with van der Waals surface area (Å²) in [7, 11) is 0. The van der Waals surface area contributed by atoms with Crippen molar-refractivity contribution in [3.05, 3.63) is 35.4 Å². The molecule has 1 aliphatic rings. The van der Waals surface area contributed by atoms with Gasteiger partial charge in [0.05, 0.1) is 5.56 Å².